The molecule has 7 heterocycles. The van der Waals surface area contributed by atoms with E-state index in [0.717, 1.165) is 69.6 Å². The van der Waals surface area contributed by atoms with Gasteiger partial charge in [0, 0.05) is 80.9 Å². The van der Waals surface area contributed by atoms with Crippen LogP contribution in [0.3, 0.4) is 0 Å². The van der Waals surface area contributed by atoms with Gasteiger partial charge < -0.3 is 29.0 Å². The molecule has 15 heteroatoms. The predicted molar refractivity (Wildman–Crippen MR) is 277 cm³/mol. The average Bonchev–Trinajstić information content (AvgIpc) is 4.05. The highest BCUT2D eigenvalue weighted by Crippen LogP contribution is 2.42. The van der Waals surface area contributed by atoms with Crippen LogP contribution in [0.5, 0.6) is 0 Å². The number of rotatable bonds is 9. The minimum atomic E-state index is -0.969. The Bertz CT molecular complexity index is 2770. The van der Waals surface area contributed by atoms with Crippen molar-refractivity contribution < 1.29 is 33.4 Å². The van der Waals surface area contributed by atoms with E-state index >= 15 is 0 Å². The molecule has 0 aliphatic carbocycles. The molecule has 9 rings (SSSR count). The zero-order chi connectivity index (χ0) is 51.1. The van der Waals surface area contributed by atoms with E-state index in [1.807, 2.05) is 50.1 Å². The van der Waals surface area contributed by atoms with Crippen molar-refractivity contribution in [2.24, 2.45) is 11.3 Å². The molecule has 3 amide bonds. The fourth-order valence-electron chi connectivity index (χ4n) is 11.5. The van der Waals surface area contributed by atoms with Crippen molar-refractivity contribution in [1.29, 1.82) is 0 Å². The van der Waals surface area contributed by atoms with E-state index < -0.39 is 35.1 Å². The second-order valence-corrected chi connectivity index (χ2v) is 22.4. The minimum Gasteiger partial charge on any atom is -0.464 e. The summed E-state index contributed by atoms with van der Waals surface area (Å²) in [5, 5.41) is 5.81. The summed E-state index contributed by atoms with van der Waals surface area (Å²) in [6.07, 6.45) is 5.24. The number of pyridine rings is 1. The summed E-state index contributed by atoms with van der Waals surface area (Å²) in [5.41, 5.74) is 9.75. The van der Waals surface area contributed by atoms with Gasteiger partial charge in [-0.25, -0.2) is 5.43 Å². The second-order valence-electron chi connectivity index (χ2n) is 22.4. The van der Waals surface area contributed by atoms with Gasteiger partial charge in [-0.3, -0.25) is 39.0 Å². The molecule has 1 spiro atoms. The average molecular weight is 983 g/mol. The van der Waals surface area contributed by atoms with Crippen molar-refractivity contribution >= 4 is 34.6 Å². The Balaban J connectivity index is 1.02. The van der Waals surface area contributed by atoms with Crippen molar-refractivity contribution in [1.82, 2.24) is 40.0 Å². The molecule has 2 N–H and O–H groups in total. The van der Waals surface area contributed by atoms with Crippen LogP contribution in [0.25, 0.3) is 33.3 Å². The first-order valence-corrected chi connectivity index (χ1v) is 26.1. The zero-order valence-electron chi connectivity index (χ0n) is 43.8. The molecule has 6 bridgehead atoms. The maximum atomic E-state index is 14.9. The van der Waals surface area contributed by atoms with Crippen molar-refractivity contribution in [3.63, 3.8) is 0 Å². The van der Waals surface area contributed by atoms with E-state index in [2.05, 4.69) is 103 Å². The number of hydrazine groups is 1. The van der Waals surface area contributed by atoms with E-state index in [-0.39, 0.29) is 55.0 Å². The molecule has 5 aliphatic heterocycles. The van der Waals surface area contributed by atoms with Crippen molar-refractivity contribution in [2.75, 3.05) is 59.7 Å². The number of benzene rings is 2. The summed E-state index contributed by atoms with van der Waals surface area (Å²) in [6, 6.07) is 16.5. The monoisotopic (exact) mass is 983 g/mol. The topological polar surface area (TPSA) is 151 Å². The van der Waals surface area contributed by atoms with Gasteiger partial charge >= 0.3 is 5.97 Å². The number of nitrogens with one attached hydrogen (secondary N) is 2. The molecule has 384 valence electrons. The number of fused-ring (bicyclic) bond motifs is 6. The van der Waals surface area contributed by atoms with Gasteiger partial charge in [0.25, 0.3) is 11.8 Å². The quantitative estimate of drug-likeness (QED) is 0.140. The maximum absolute atomic E-state index is 14.9. The highest BCUT2D eigenvalue weighted by Gasteiger charge is 2.49. The number of aryl methyl sites for hydroxylation is 1. The summed E-state index contributed by atoms with van der Waals surface area (Å²) in [4.78, 5) is 68.0. The molecule has 5 aliphatic rings. The van der Waals surface area contributed by atoms with Crippen LogP contribution < -0.4 is 10.7 Å². The van der Waals surface area contributed by atoms with Gasteiger partial charge in [-0.1, -0.05) is 63.9 Å². The lowest BCUT2D eigenvalue weighted by molar-refractivity contribution is -0.155. The lowest BCUT2D eigenvalue weighted by Crippen LogP contribution is -2.62. The predicted octanol–water partition coefficient (Wildman–Crippen LogP) is 6.52. The second kappa shape index (κ2) is 20.7. The minimum absolute atomic E-state index is 0.136. The molecule has 4 fully saturated rings. The fourth-order valence-corrected chi connectivity index (χ4v) is 11.5. The van der Waals surface area contributed by atoms with E-state index in [1.165, 1.54) is 5.01 Å². The Labute approximate surface area is 425 Å². The highest BCUT2D eigenvalue weighted by atomic mass is 16.5. The van der Waals surface area contributed by atoms with Crippen molar-refractivity contribution in [3.05, 3.63) is 77.6 Å². The van der Waals surface area contributed by atoms with Crippen LogP contribution in [0.15, 0.2) is 60.8 Å². The summed E-state index contributed by atoms with van der Waals surface area (Å²) < 4.78 is 20.9. The Hall–Kier alpha value is -5.63. The first-order valence-electron chi connectivity index (χ1n) is 26.1. The molecule has 0 unspecified atom stereocenters. The first kappa shape index (κ1) is 51.3. The van der Waals surface area contributed by atoms with Crippen LogP contribution >= 0.6 is 0 Å². The van der Waals surface area contributed by atoms with Crippen LogP contribution in [-0.4, -0.2) is 142 Å². The highest BCUT2D eigenvalue weighted by molar-refractivity contribution is 5.96. The summed E-state index contributed by atoms with van der Waals surface area (Å²) in [7, 11) is 1.70. The number of hydrogen-bond donors (Lipinski definition) is 2. The normalized spacial score (nSPS) is 23.9. The third-order valence-electron chi connectivity index (χ3n) is 15.7. The Kier molecular flexibility index (Phi) is 14.7. The van der Waals surface area contributed by atoms with E-state index in [4.69, 9.17) is 19.2 Å². The van der Waals surface area contributed by atoms with E-state index in [0.29, 0.717) is 58.4 Å². The molecule has 5 atom stereocenters. The number of esters is 1. The smallest absolute Gasteiger partial charge is 0.324 e. The van der Waals surface area contributed by atoms with Gasteiger partial charge in [-0.05, 0) is 118 Å². The molecule has 4 aromatic rings. The lowest BCUT2D eigenvalue weighted by atomic mass is 9.84. The third-order valence-corrected chi connectivity index (χ3v) is 15.7. The number of carbonyl (C=O) groups is 4. The first-order chi connectivity index (χ1) is 34.4. The number of aromatic nitrogens is 2. The van der Waals surface area contributed by atoms with Crippen molar-refractivity contribution in [3.8, 4) is 34.2 Å². The Morgan fingerprint density at radius 1 is 1.00 bits per heavy atom. The maximum Gasteiger partial charge on any atom is 0.324 e. The Morgan fingerprint density at radius 2 is 1.79 bits per heavy atom. The number of carbonyl (C=O) groups excluding carboxylic acids is 4. The Morgan fingerprint density at radius 3 is 2.53 bits per heavy atom. The molecule has 72 heavy (non-hydrogen) atoms. The van der Waals surface area contributed by atoms with Gasteiger partial charge in [-0.2, -0.15) is 0 Å². The third kappa shape index (κ3) is 10.4. The van der Waals surface area contributed by atoms with Gasteiger partial charge in [-0.15, -0.1) is 0 Å². The fraction of sp³-hybridized carbons (Fsp3) is 0.561. The number of methoxy groups -OCH3 is 1. The van der Waals surface area contributed by atoms with E-state index in [9.17, 15) is 19.2 Å². The standard InChI is InChI=1S/C57H74N8O7/c1-10-64-47-20-19-41-31-43(47)44(51(64)42-17-12-24-58-49(42)38(4)70-9)32-55(5,6)35-71-54(69)45-18-13-27-65(60-45)53(68)46(30-39-15-11-16-40(41)29-39)59-52(67)50(37(2)3)62-34-57(72-36-62)23-28-61(33-57)48(66)21-22-56(7,8)63-25-14-26-63/h11-12,15-17,19-20,24,29,31,37-38,45-46,50,60H,10,13-14,18,23,25-28,30,32-36H2,1-9H3,(H,59,67)/t38-,45-,46-,50-,57+/m0/s1. The number of amides is 3. The van der Waals surface area contributed by atoms with Gasteiger partial charge in [0.2, 0.25) is 5.91 Å². The molecule has 0 radical (unpaired) electrons. The number of hydrogen-bond acceptors (Lipinski definition) is 11. The van der Waals surface area contributed by atoms with Crippen molar-refractivity contribution in [2.45, 2.75) is 136 Å². The molecule has 15 nitrogen and oxygen atoms in total. The largest absolute Gasteiger partial charge is 0.464 e. The molecule has 2 aromatic heterocycles. The number of cyclic esters (lactones) is 1. The van der Waals surface area contributed by atoms with Gasteiger partial charge in [0.05, 0.1) is 42.2 Å². The van der Waals surface area contributed by atoms with Gasteiger partial charge in [0.15, 0.2) is 0 Å². The van der Waals surface area contributed by atoms with Crippen LogP contribution in [0.1, 0.15) is 104 Å². The summed E-state index contributed by atoms with van der Waals surface area (Å²) in [6.45, 7) is 21.3. The molecular weight excluding hydrogens is 909 g/mol. The van der Waals surface area contributed by atoms with Crippen LogP contribution in [0.4, 0.5) is 0 Å². The summed E-state index contributed by atoms with van der Waals surface area (Å²) >= 11 is 0. The van der Waals surface area contributed by atoms with Gasteiger partial charge in [0.1, 0.15) is 24.4 Å². The molecular formula is C57H74N8O7. The zero-order valence-corrected chi connectivity index (χ0v) is 43.8. The number of likely N-dealkylation sites (tertiary alicyclic amines) is 2. The number of ether oxygens (including phenoxy) is 3. The molecule has 0 saturated carbocycles. The van der Waals surface area contributed by atoms with Crippen LogP contribution in [0.2, 0.25) is 0 Å². The molecule has 2 aromatic carbocycles. The van der Waals surface area contributed by atoms with Crippen LogP contribution in [0, 0.1) is 23.2 Å². The lowest BCUT2D eigenvalue weighted by Gasteiger charge is -2.41. The molecule has 4 saturated heterocycles. The van der Waals surface area contributed by atoms with Crippen LogP contribution in [-0.2, 0) is 52.8 Å². The number of nitrogens with zero attached hydrogens (tertiary/aromatic N) is 6. The summed E-state index contributed by atoms with van der Waals surface area (Å²) in [5.74, 6) is 4.75. The van der Waals surface area contributed by atoms with E-state index in [1.54, 1.807) is 12.0 Å². The SMILES string of the molecule is CCn1c(-c2cccnc2[C@H](C)OC)c2c3cc(ccc31)-c1cccc(c1)C[C@H](NC(=O)[C@H](C(C)C)N1CO[C@@]3(CCN(C(=O)C#CC(C)(C)N4CCC4)C3)C1)C(=O)N1CCC[C@H](N1)C(=O)OCC(C)(C)C2.